The van der Waals surface area contributed by atoms with Gasteiger partial charge in [-0.2, -0.15) is 9.90 Å². The van der Waals surface area contributed by atoms with Crippen LogP contribution in [-0.2, 0) is 0 Å². The van der Waals surface area contributed by atoms with Crippen LogP contribution in [0.5, 0.6) is 0 Å². The van der Waals surface area contributed by atoms with Crippen LogP contribution < -0.4 is 0 Å². The monoisotopic (exact) mass is 189 g/mol. The number of hydrogen-bond donors (Lipinski definition) is 0. The topological polar surface area (TPSA) is 3.24 Å². The minimum Gasteiger partial charge on any atom is -0.304 e. The van der Waals surface area contributed by atoms with Gasteiger partial charge >= 0.3 is 0 Å². The fourth-order valence-electron chi connectivity index (χ4n) is 1.94. The molecule has 1 aliphatic heterocycles. The predicted molar refractivity (Wildman–Crippen MR) is 60.8 cm³/mol. The van der Waals surface area contributed by atoms with E-state index in [1.165, 1.54) is 32.5 Å². The molecule has 1 saturated heterocycles. The molecule has 0 aliphatic carbocycles. The van der Waals surface area contributed by atoms with Gasteiger partial charge in [-0.05, 0) is 44.3 Å². The van der Waals surface area contributed by atoms with E-state index in [2.05, 4.69) is 25.7 Å². The summed E-state index contributed by atoms with van der Waals surface area (Å²) in [6.45, 7) is 10.9. The molecule has 0 N–H and O–H groups in total. The average molecular weight is 189 g/mol. The van der Waals surface area contributed by atoms with Crippen molar-refractivity contribution in [2.75, 3.05) is 19.6 Å². The van der Waals surface area contributed by atoms with Crippen LogP contribution in [0.3, 0.4) is 0 Å². The number of hydrogen-bond acceptors (Lipinski definition) is 1. The fraction of sp³-hybridized carbons (Fsp3) is 1.00. The molecule has 0 radical (unpaired) electrons. The first-order valence-corrected chi connectivity index (χ1v) is 4.96. The Morgan fingerprint density at radius 1 is 1.25 bits per heavy atom. The van der Waals surface area contributed by atoms with Crippen molar-refractivity contribution in [2.45, 2.75) is 33.6 Å². The van der Waals surface area contributed by atoms with Gasteiger partial charge in [0.25, 0.3) is 0 Å². The lowest BCUT2D eigenvalue weighted by atomic mass is 9.87. The third-order valence-electron chi connectivity index (χ3n) is 3.02. The van der Waals surface area contributed by atoms with Gasteiger partial charge in [0.15, 0.2) is 0 Å². The number of likely N-dealkylation sites (tertiary alicyclic amines) is 1. The van der Waals surface area contributed by atoms with Crippen molar-refractivity contribution in [1.82, 2.24) is 4.90 Å². The molecule has 0 aromatic carbocycles. The van der Waals surface area contributed by atoms with Crippen molar-refractivity contribution < 1.29 is 0 Å². The minimum absolute atomic E-state index is 0. The molecular weight excluding hydrogens is 165 g/mol. The van der Waals surface area contributed by atoms with Gasteiger partial charge in [-0.1, -0.05) is 20.8 Å². The number of rotatable bonds is 2. The summed E-state index contributed by atoms with van der Waals surface area (Å²) in [5.74, 6) is 1.90. The van der Waals surface area contributed by atoms with Crippen molar-refractivity contribution in [3.8, 4) is 0 Å². The molecule has 0 amide bonds. The lowest BCUT2D eigenvalue weighted by Gasteiger charge is -2.32. The molecule has 12 heavy (non-hydrogen) atoms. The van der Waals surface area contributed by atoms with E-state index in [-0.39, 0.29) is 9.90 Å². The Labute approximate surface area is 80.5 Å². The summed E-state index contributed by atoms with van der Waals surface area (Å²) >= 11 is 0. The smallest absolute Gasteiger partial charge is 0.00161 e. The molecule has 1 fully saturated rings. The maximum Gasteiger partial charge on any atom is -0.00161 e. The molecule has 1 atom stereocenters. The van der Waals surface area contributed by atoms with E-state index in [1.807, 2.05) is 0 Å². The molecule has 2 heteroatoms. The van der Waals surface area contributed by atoms with Crippen LogP contribution >= 0.6 is 9.90 Å². The van der Waals surface area contributed by atoms with Gasteiger partial charge in [0, 0.05) is 0 Å². The summed E-state index contributed by atoms with van der Waals surface area (Å²) < 4.78 is 0. The van der Waals surface area contributed by atoms with Crippen LogP contribution in [0.1, 0.15) is 33.6 Å². The second-order valence-electron chi connectivity index (χ2n) is 4.02. The zero-order valence-electron chi connectivity index (χ0n) is 8.84. The Morgan fingerprint density at radius 3 is 2.08 bits per heavy atom. The molecule has 1 aliphatic rings. The lowest BCUT2D eigenvalue weighted by Crippen LogP contribution is -2.34. The highest BCUT2D eigenvalue weighted by Crippen LogP contribution is 2.23. The largest absolute Gasteiger partial charge is 0.304 e. The first-order valence-electron chi connectivity index (χ1n) is 4.96. The third kappa shape index (κ3) is 3.41. The van der Waals surface area contributed by atoms with Gasteiger partial charge < -0.3 is 4.90 Å². The molecule has 1 heterocycles. The molecule has 0 saturated carbocycles. The van der Waals surface area contributed by atoms with Crippen molar-refractivity contribution in [3.63, 3.8) is 0 Å². The highest BCUT2D eigenvalue weighted by atomic mass is 31.0. The summed E-state index contributed by atoms with van der Waals surface area (Å²) in [4.78, 5) is 2.55. The van der Waals surface area contributed by atoms with Gasteiger partial charge in [-0.25, -0.2) is 0 Å². The maximum atomic E-state index is 2.55. The second kappa shape index (κ2) is 5.94. The van der Waals surface area contributed by atoms with Crippen molar-refractivity contribution >= 4 is 9.90 Å². The van der Waals surface area contributed by atoms with E-state index < -0.39 is 0 Å². The van der Waals surface area contributed by atoms with Crippen LogP contribution in [0.2, 0.25) is 0 Å². The van der Waals surface area contributed by atoms with Gasteiger partial charge in [0.1, 0.15) is 0 Å². The summed E-state index contributed by atoms with van der Waals surface area (Å²) in [6, 6.07) is 0. The number of piperidine rings is 1. The molecule has 74 valence electrons. The molecule has 0 bridgehead atoms. The summed E-state index contributed by atoms with van der Waals surface area (Å²) in [7, 11) is 0. The molecule has 1 nitrogen and oxygen atoms in total. The standard InChI is InChI=1S/C10H21N.H3P/c1-4-11-7-5-10(6-8-11)9(2)3;/h9-10H,4-8H2,1-3H3;1H3. The van der Waals surface area contributed by atoms with Crippen LogP contribution in [0.25, 0.3) is 0 Å². The Morgan fingerprint density at radius 2 is 1.75 bits per heavy atom. The summed E-state index contributed by atoms with van der Waals surface area (Å²) in [5.41, 5.74) is 0. The zero-order valence-corrected chi connectivity index (χ0v) is 10.3. The molecular formula is C10H24NP. The Balaban J connectivity index is 0.00000121. The van der Waals surface area contributed by atoms with E-state index in [1.54, 1.807) is 0 Å². The summed E-state index contributed by atoms with van der Waals surface area (Å²) in [6.07, 6.45) is 2.84. The van der Waals surface area contributed by atoms with E-state index in [0.29, 0.717) is 0 Å². The van der Waals surface area contributed by atoms with E-state index in [4.69, 9.17) is 0 Å². The van der Waals surface area contributed by atoms with Crippen molar-refractivity contribution in [3.05, 3.63) is 0 Å². The van der Waals surface area contributed by atoms with Crippen LogP contribution in [-0.4, -0.2) is 24.5 Å². The minimum atomic E-state index is 0. The first-order chi connectivity index (χ1) is 5.24. The van der Waals surface area contributed by atoms with Crippen molar-refractivity contribution in [2.24, 2.45) is 11.8 Å². The van der Waals surface area contributed by atoms with E-state index >= 15 is 0 Å². The quantitative estimate of drug-likeness (QED) is 0.603. The molecule has 0 aromatic rings. The second-order valence-corrected chi connectivity index (χ2v) is 4.02. The highest BCUT2D eigenvalue weighted by molar-refractivity contribution is 6.92. The van der Waals surface area contributed by atoms with Crippen LogP contribution in [0.15, 0.2) is 0 Å². The normalized spacial score (nSPS) is 21.0. The zero-order chi connectivity index (χ0) is 8.27. The summed E-state index contributed by atoms with van der Waals surface area (Å²) in [5, 5.41) is 0. The Bertz CT molecular complexity index is 106. The first kappa shape index (κ1) is 12.4. The average Bonchev–Trinajstić information content (AvgIpc) is 2.05. The van der Waals surface area contributed by atoms with Gasteiger partial charge in [-0.3, -0.25) is 0 Å². The molecule has 1 unspecified atom stereocenters. The Hall–Kier alpha value is 0.390. The van der Waals surface area contributed by atoms with Gasteiger partial charge in [-0.15, -0.1) is 0 Å². The Kier molecular flexibility index (Phi) is 6.13. The molecule has 0 spiro atoms. The van der Waals surface area contributed by atoms with Crippen LogP contribution in [0.4, 0.5) is 0 Å². The van der Waals surface area contributed by atoms with E-state index in [9.17, 15) is 0 Å². The lowest BCUT2D eigenvalue weighted by molar-refractivity contribution is 0.164. The highest BCUT2D eigenvalue weighted by Gasteiger charge is 2.19. The SMILES string of the molecule is CCN1CCC(C(C)C)CC1.P. The predicted octanol–water partition coefficient (Wildman–Crippen LogP) is 2.43. The van der Waals surface area contributed by atoms with Crippen LogP contribution in [0, 0.1) is 11.8 Å². The third-order valence-corrected chi connectivity index (χ3v) is 3.02. The van der Waals surface area contributed by atoms with E-state index in [0.717, 1.165) is 11.8 Å². The molecule has 1 rings (SSSR count). The number of nitrogens with zero attached hydrogens (tertiary/aromatic N) is 1. The van der Waals surface area contributed by atoms with Crippen molar-refractivity contribution in [1.29, 1.82) is 0 Å². The molecule has 0 aromatic heterocycles. The van der Waals surface area contributed by atoms with Gasteiger partial charge in [0.2, 0.25) is 0 Å². The fourth-order valence-corrected chi connectivity index (χ4v) is 1.94. The maximum absolute atomic E-state index is 2.55. The van der Waals surface area contributed by atoms with Gasteiger partial charge in [0.05, 0.1) is 0 Å².